The second-order valence-electron chi connectivity index (χ2n) is 10.2. The highest BCUT2D eigenvalue weighted by atomic mass is 16.6. The molecule has 1 aliphatic carbocycles. The molecular formula is C26H42N2O4. The van der Waals surface area contributed by atoms with E-state index in [9.17, 15) is 4.79 Å². The van der Waals surface area contributed by atoms with Crippen LogP contribution in [0.25, 0.3) is 0 Å². The number of hydrogen-bond donors (Lipinski definition) is 1. The molecule has 2 fully saturated rings. The first-order chi connectivity index (χ1) is 15.3. The number of methoxy groups -OCH3 is 2. The minimum atomic E-state index is -0.456. The molecule has 6 heteroatoms. The summed E-state index contributed by atoms with van der Waals surface area (Å²) in [5.41, 5.74) is 1.96. The van der Waals surface area contributed by atoms with Crippen LogP contribution in [0.4, 0.5) is 4.79 Å². The quantitative estimate of drug-likeness (QED) is 0.574. The number of piperidine rings is 1. The molecule has 1 saturated carbocycles. The molecule has 0 aromatic heterocycles. The van der Waals surface area contributed by atoms with Crippen molar-refractivity contribution >= 4 is 6.09 Å². The van der Waals surface area contributed by atoms with Crippen LogP contribution in [-0.2, 0) is 11.3 Å². The molecule has 0 spiro atoms. The Bertz CT molecular complexity index is 718. The Labute approximate surface area is 194 Å². The second-order valence-corrected chi connectivity index (χ2v) is 10.2. The molecule has 1 aromatic rings. The van der Waals surface area contributed by atoms with Gasteiger partial charge in [-0.2, -0.15) is 0 Å². The zero-order valence-electron chi connectivity index (χ0n) is 20.7. The zero-order chi connectivity index (χ0) is 23.1. The highest BCUT2D eigenvalue weighted by molar-refractivity contribution is 5.68. The Hall–Kier alpha value is -1.95. The Balaban J connectivity index is 1.60. The van der Waals surface area contributed by atoms with Crippen LogP contribution in [0, 0.1) is 0 Å². The number of ether oxygens (including phenoxy) is 3. The van der Waals surface area contributed by atoms with Crippen LogP contribution in [-0.4, -0.2) is 49.9 Å². The highest BCUT2D eigenvalue weighted by Crippen LogP contribution is 2.38. The summed E-state index contributed by atoms with van der Waals surface area (Å²) in [5, 5.41) is 3.67. The number of carbonyl (C=O) groups is 1. The molecule has 1 aromatic carbocycles. The molecule has 2 aliphatic rings. The van der Waals surface area contributed by atoms with Gasteiger partial charge in [-0.25, -0.2) is 4.79 Å². The topological polar surface area (TPSA) is 60.0 Å². The lowest BCUT2D eigenvalue weighted by Gasteiger charge is -2.34. The fourth-order valence-electron chi connectivity index (χ4n) is 4.87. The van der Waals surface area contributed by atoms with Crippen LogP contribution >= 0.6 is 0 Å². The van der Waals surface area contributed by atoms with Crippen molar-refractivity contribution in [3.05, 3.63) is 23.3 Å². The van der Waals surface area contributed by atoms with Crippen molar-refractivity contribution in [3.8, 4) is 11.5 Å². The molecule has 180 valence electrons. The van der Waals surface area contributed by atoms with E-state index >= 15 is 0 Å². The molecule has 3 rings (SSSR count). The summed E-state index contributed by atoms with van der Waals surface area (Å²) in [5.74, 6) is 2.41. The minimum absolute atomic E-state index is 0.214. The number of rotatable bonds is 6. The van der Waals surface area contributed by atoms with E-state index in [1.165, 1.54) is 44.1 Å². The summed E-state index contributed by atoms with van der Waals surface area (Å²) >= 11 is 0. The Morgan fingerprint density at radius 1 is 0.969 bits per heavy atom. The molecule has 1 saturated heterocycles. The van der Waals surface area contributed by atoms with Crippen LogP contribution in [0.3, 0.4) is 0 Å². The molecule has 1 N–H and O–H groups in total. The van der Waals surface area contributed by atoms with Gasteiger partial charge in [-0.15, -0.1) is 0 Å². The van der Waals surface area contributed by atoms with Crippen molar-refractivity contribution in [2.75, 3.05) is 27.3 Å². The SMILES string of the molecule is COc1cc(C2CCCCCC2)cc(OC)c1CNC1CCN(C(=O)OC(C)(C)C)CC1. The van der Waals surface area contributed by atoms with Gasteiger partial charge in [0.05, 0.1) is 14.2 Å². The normalized spacial score (nSPS) is 18.8. The van der Waals surface area contributed by atoms with Gasteiger partial charge in [0.2, 0.25) is 0 Å². The first-order valence-corrected chi connectivity index (χ1v) is 12.3. The van der Waals surface area contributed by atoms with Gasteiger partial charge in [-0.05, 0) is 70.1 Å². The number of nitrogens with one attached hydrogen (secondary N) is 1. The number of amides is 1. The molecule has 0 bridgehead atoms. The molecule has 6 nitrogen and oxygen atoms in total. The van der Waals surface area contributed by atoms with Gasteiger partial charge in [0, 0.05) is 31.2 Å². The van der Waals surface area contributed by atoms with E-state index in [-0.39, 0.29) is 6.09 Å². The monoisotopic (exact) mass is 446 g/mol. The largest absolute Gasteiger partial charge is 0.496 e. The maximum atomic E-state index is 12.3. The van der Waals surface area contributed by atoms with Gasteiger partial charge in [-0.1, -0.05) is 25.7 Å². The third kappa shape index (κ3) is 6.77. The van der Waals surface area contributed by atoms with Crippen molar-refractivity contribution in [2.45, 2.75) is 96.2 Å². The average Bonchev–Trinajstić information content (AvgIpc) is 3.06. The second kappa shape index (κ2) is 11.3. The van der Waals surface area contributed by atoms with Crippen molar-refractivity contribution in [1.29, 1.82) is 0 Å². The lowest BCUT2D eigenvalue weighted by Crippen LogP contribution is -2.46. The van der Waals surface area contributed by atoms with Crippen LogP contribution < -0.4 is 14.8 Å². The van der Waals surface area contributed by atoms with Crippen molar-refractivity contribution in [2.24, 2.45) is 0 Å². The van der Waals surface area contributed by atoms with E-state index in [1.54, 1.807) is 14.2 Å². The standard InChI is InChI=1S/C26H42N2O4/c1-26(2,3)32-25(29)28-14-12-21(13-15-28)27-18-22-23(30-4)16-20(17-24(22)31-5)19-10-8-6-7-9-11-19/h16-17,19,21,27H,6-15,18H2,1-5H3. The first-order valence-electron chi connectivity index (χ1n) is 12.3. The molecule has 0 atom stereocenters. The van der Waals surface area contributed by atoms with E-state index in [0.717, 1.165) is 29.9 Å². The molecule has 1 amide bonds. The molecule has 0 radical (unpaired) electrons. The molecule has 1 aliphatic heterocycles. The predicted octanol–water partition coefficient (Wildman–Crippen LogP) is 5.63. The maximum Gasteiger partial charge on any atom is 0.410 e. The van der Waals surface area contributed by atoms with Crippen LogP contribution in [0.1, 0.15) is 89.2 Å². The highest BCUT2D eigenvalue weighted by Gasteiger charge is 2.27. The van der Waals surface area contributed by atoms with Crippen LogP contribution in [0.2, 0.25) is 0 Å². The number of hydrogen-bond acceptors (Lipinski definition) is 5. The molecular weight excluding hydrogens is 404 g/mol. The first kappa shape index (κ1) is 24.7. The van der Waals surface area contributed by atoms with Crippen molar-refractivity contribution in [3.63, 3.8) is 0 Å². The van der Waals surface area contributed by atoms with E-state index in [4.69, 9.17) is 14.2 Å². The number of likely N-dealkylation sites (tertiary alicyclic amines) is 1. The summed E-state index contributed by atoms with van der Waals surface area (Å²) in [6.45, 7) is 7.82. The summed E-state index contributed by atoms with van der Waals surface area (Å²) in [4.78, 5) is 14.1. The molecule has 1 heterocycles. The average molecular weight is 447 g/mol. The van der Waals surface area contributed by atoms with Crippen molar-refractivity contribution in [1.82, 2.24) is 10.2 Å². The van der Waals surface area contributed by atoms with E-state index in [1.807, 2.05) is 25.7 Å². The Morgan fingerprint density at radius 2 is 1.53 bits per heavy atom. The van der Waals surface area contributed by atoms with Gasteiger partial charge in [-0.3, -0.25) is 0 Å². The Morgan fingerprint density at radius 3 is 2.03 bits per heavy atom. The number of benzene rings is 1. The minimum Gasteiger partial charge on any atom is -0.496 e. The van der Waals surface area contributed by atoms with Crippen LogP contribution in [0.5, 0.6) is 11.5 Å². The summed E-state index contributed by atoms with van der Waals surface area (Å²) in [6.07, 6.45) is 9.41. The molecule has 32 heavy (non-hydrogen) atoms. The van der Waals surface area contributed by atoms with E-state index in [0.29, 0.717) is 31.6 Å². The van der Waals surface area contributed by atoms with Gasteiger partial charge in [0.1, 0.15) is 17.1 Å². The predicted molar refractivity (Wildman–Crippen MR) is 128 cm³/mol. The molecule has 0 unspecified atom stereocenters. The van der Waals surface area contributed by atoms with E-state index < -0.39 is 5.60 Å². The summed E-state index contributed by atoms with van der Waals surface area (Å²) < 4.78 is 17.1. The fourth-order valence-corrected chi connectivity index (χ4v) is 4.87. The third-order valence-corrected chi connectivity index (χ3v) is 6.67. The van der Waals surface area contributed by atoms with Gasteiger partial charge in [0.15, 0.2) is 0 Å². The smallest absolute Gasteiger partial charge is 0.410 e. The van der Waals surface area contributed by atoms with Gasteiger partial charge < -0.3 is 24.4 Å². The number of nitrogens with zero attached hydrogens (tertiary/aromatic N) is 1. The lowest BCUT2D eigenvalue weighted by atomic mass is 9.90. The van der Waals surface area contributed by atoms with Crippen LogP contribution in [0.15, 0.2) is 12.1 Å². The zero-order valence-corrected chi connectivity index (χ0v) is 20.7. The third-order valence-electron chi connectivity index (χ3n) is 6.67. The lowest BCUT2D eigenvalue weighted by molar-refractivity contribution is 0.0198. The van der Waals surface area contributed by atoms with Gasteiger partial charge in [0.25, 0.3) is 0 Å². The summed E-state index contributed by atoms with van der Waals surface area (Å²) in [7, 11) is 3.49. The van der Waals surface area contributed by atoms with Crippen molar-refractivity contribution < 1.29 is 19.0 Å². The van der Waals surface area contributed by atoms with Gasteiger partial charge >= 0.3 is 6.09 Å². The fraction of sp³-hybridized carbons (Fsp3) is 0.731. The number of carbonyl (C=O) groups excluding carboxylic acids is 1. The Kier molecular flexibility index (Phi) is 8.69. The maximum absolute atomic E-state index is 12.3. The summed E-state index contributed by atoms with van der Waals surface area (Å²) in [6, 6.07) is 4.80. The van der Waals surface area contributed by atoms with E-state index in [2.05, 4.69) is 17.4 Å².